The molecular formula is C24H26ClNO5. The minimum atomic E-state index is -1.24. The zero-order chi connectivity index (χ0) is 21.3. The van der Waals surface area contributed by atoms with Gasteiger partial charge < -0.3 is 25.1 Å². The minimum Gasteiger partial charge on any atom is -0.485 e. The molecule has 3 N–H and O–H groups in total. The third-order valence-electron chi connectivity index (χ3n) is 4.60. The second kappa shape index (κ2) is 12.0. The third kappa shape index (κ3) is 6.72. The van der Waals surface area contributed by atoms with E-state index in [1.807, 2.05) is 60.7 Å². The summed E-state index contributed by atoms with van der Waals surface area (Å²) in [4.78, 5) is 11.7. The number of esters is 1. The molecule has 2 unspecified atom stereocenters. The molecule has 0 saturated heterocycles. The first-order valence-corrected chi connectivity index (χ1v) is 9.57. The highest BCUT2D eigenvalue weighted by atomic mass is 35.5. The Kier molecular flexibility index (Phi) is 9.34. The molecule has 0 bridgehead atoms. The largest absolute Gasteiger partial charge is 0.485 e. The number of methoxy groups -OCH3 is 1. The first-order valence-electron chi connectivity index (χ1n) is 9.57. The van der Waals surface area contributed by atoms with Crippen LogP contribution in [0.25, 0.3) is 0 Å². The lowest BCUT2D eigenvalue weighted by Gasteiger charge is -2.19. The van der Waals surface area contributed by atoms with E-state index in [0.29, 0.717) is 30.3 Å². The minimum absolute atomic E-state index is 0. The number of carbonyl (C=O) groups excluding carboxylic acids is 1. The van der Waals surface area contributed by atoms with Gasteiger partial charge >= 0.3 is 5.97 Å². The van der Waals surface area contributed by atoms with Crippen LogP contribution in [0.4, 0.5) is 0 Å². The Balaban J connectivity index is 0.00000341. The molecule has 0 aliphatic rings. The van der Waals surface area contributed by atoms with Gasteiger partial charge in [-0.05, 0) is 28.8 Å². The molecule has 0 aliphatic heterocycles. The number of halogens is 1. The fourth-order valence-electron chi connectivity index (χ4n) is 2.88. The number of aliphatic hydroxyl groups excluding tert-OH is 1. The first kappa shape index (κ1) is 24.2. The van der Waals surface area contributed by atoms with Crippen LogP contribution in [0.5, 0.6) is 11.5 Å². The van der Waals surface area contributed by atoms with Gasteiger partial charge in [0.15, 0.2) is 11.5 Å². The monoisotopic (exact) mass is 443 g/mol. The van der Waals surface area contributed by atoms with Crippen molar-refractivity contribution in [3.05, 3.63) is 95.6 Å². The fourth-order valence-corrected chi connectivity index (χ4v) is 2.88. The van der Waals surface area contributed by atoms with E-state index in [9.17, 15) is 9.90 Å². The number of hydrogen-bond donors (Lipinski definition) is 2. The van der Waals surface area contributed by atoms with Gasteiger partial charge in [0.1, 0.15) is 25.4 Å². The Morgan fingerprint density at radius 1 is 0.871 bits per heavy atom. The number of ether oxygens (including phenoxy) is 3. The maximum absolute atomic E-state index is 11.7. The number of aliphatic hydroxyl groups is 1. The zero-order valence-electron chi connectivity index (χ0n) is 17.1. The summed E-state index contributed by atoms with van der Waals surface area (Å²) < 4.78 is 16.5. The molecule has 164 valence electrons. The van der Waals surface area contributed by atoms with Gasteiger partial charge in [0.25, 0.3) is 0 Å². The van der Waals surface area contributed by atoms with Crippen molar-refractivity contribution in [2.45, 2.75) is 25.4 Å². The lowest BCUT2D eigenvalue weighted by atomic mass is 10.0. The van der Waals surface area contributed by atoms with Gasteiger partial charge in [-0.1, -0.05) is 66.7 Å². The van der Waals surface area contributed by atoms with Gasteiger partial charge in [0.2, 0.25) is 0 Å². The molecule has 0 heterocycles. The van der Waals surface area contributed by atoms with E-state index in [-0.39, 0.29) is 12.4 Å². The lowest BCUT2D eigenvalue weighted by Crippen LogP contribution is -2.37. The van der Waals surface area contributed by atoms with Crippen molar-refractivity contribution < 1.29 is 24.1 Å². The van der Waals surface area contributed by atoms with E-state index in [2.05, 4.69) is 4.74 Å². The number of nitrogens with two attached hydrogens (primary N) is 1. The van der Waals surface area contributed by atoms with Crippen LogP contribution in [-0.4, -0.2) is 24.2 Å². The Morgan fingerprint density at radius 3 is 1.90 bits per heavy atom. The zero-order valence-corrected chi connectivity index (χ0v) is 18.0. The summed E-state index contributed by atoms with van der Waals surface area (Å²) in [6.45, 7) is 0.692. The van der Waals surface area contributed by atoms with E-state index in [0.717, 1.165) is 11.1 Å². The van der Waals surface area contributed by atoms with E-state index in [1.54, 1.807) is 18.2 Å². The average molecular weight is 444 g/mol. The Labute approximate surface area is 188 Å². The maximum Gasteiger partial charge on any atom is 0.325 e. The lowest BCUT2D eigenvalue weighted by molar-refractivity contribution is -0.145. The normalized spacial score (nSPS) is 12.2. The molecule has 3 aromatic carbocycles. The highest BCUT2D eigenvalue weighted by molar-refractivity contribution is 5.85. The number of carbonyl (C=O) groups is 1. The van der Waals surface area contributed by atoms with Gasteiger partial charge in [-0.3, -0.25) is 4.79 Å². The van der Waals surface area contributed by atoms with Crippen LogP contribution in [0.2, 0.25) is 0 Å². The molecule has 0 spiro atoms. The first-order chi connectivity index (χ1) is 14.6. The van der Waals surface area contributed by atoms with Gasteiger partial charge in [0, 0.05) is 0 Å². The van der Waals surface area contributed by atoms with Gasteiger partial charge in [-0.15, -0.1) is 12.4 Å². The van der Waals surface area contributed by atoms with Crippen molar-refractivity contribution in [1.82, 2.24) is 0 Å². The summed E-state index contributed by atoms with van der Waals surface area (Å²) in [7, 11) is 1.23. The summed E-state index contributed by atoms with van der Waals surface area (Å²) in [5.41, 5.74) is 8.23. The van der Waals surface area contributed by atoms with Crippen LogP contribution in [-0.2, 0) is 22.7 Å². The van der Waals surface area contributed by atoms with E-state index in [1.165, 1.54) is 7.11 Å². The Bertz CT molecular complexity index is 953. The molecule has 6 nitrogen and oxygen atoms in total. The van der Waals surface area contributed by atoms with Crippen LogP contribution < -0.4 is 15.2 Å². The molecule has 7 heteroatoms. The number of rotatable bonds is 9. The highest BCUT2D eigenvalue weighted by Crippen LogP contribution is 2.32. The molecule has 0 fully saturated rings. The summed E-state index contributed by atoms with van der Waals surface area (Å²) in [5.74, 6) is 0.277. The molecule has 0 saturated carbocycles. The van der Waals surface area contributed by atoms with Crippen molar-refractivity contribution in [3.8, 4) is 11.5 Å². The summed E-state index contributed by atoms with van der Waals surface area (Å²) in [6.07, 6.45) is -1.24. The van der Waals surface area contributed by atoms with Crippen LogP contribution in [0.1, 0.15) is 22.8 Å². The predicted molar refractivity (Wildman–Crippen MR) is 120 cm³/mol. The van der Waals surface area contributed by atoms with Gasteiger partial charge in [-0.25, -0.2) is 0 Å². The molecule has 0 aromatic heterocycles. The molecule has 3 aromatic rings. The average Bonchev–Trinajstić information content (AvgIpc) is 2.81. The molecule has 3 rings (SSSR count). The van der Waals surface area contributed by atoms with E-state index >= 15 is 0 Å². The third-order valence-corrected chi connectivity index (χ3v) is 4.60. The second-order valence-corrected chi connectivity index (χ2v) is 6.75. The van der Waals surface area contributed by atoms with E-state index < -0.39 is 18.1 Å². The van der Waals surface area contributed by atoms with E-state index in [4.69, 9.17) is 15.2 Å². The van der Waals surface area contributed by atoms with Crippen molar-refractivity contribution in [3.63, 3.8) is 0 Å². The molecule has 0 aliphatic carbocycles. The van der Waals surface area contributed by atoms with Gasteiger partial charge in [0.05, 0.1) is 7.11 Å². The smallest absolute Gasteiger partial charge is 0.325 e. The molecule has 0 radical (unpaired) electrons. The maximum atomic E-state index is 11.7. The van der Waals surface area contributed by atoms with Gasteiger partial charge in [-0.2, -0.15) is 0 Å². The molecular weight excluding hydrogens is 418 g/mol. The SMILES string of the molecule is COC(=O)C(N)C(O)c1ccc(OCc2ccccc2)c(OCc2ccccc2)c1.Cl. The highest BCUT2D eigenvalue weighted by Gasteiger charge is 2.26. The standard InChI is InChI=1S/C24H25NO5.ClH/c1-28-24(27)22(25)23(26)19-12-13-20(29-15-17-8-4-2-5-9-17)21(14-19)30-16-18-10-6-3-7-11-18;/h2-14,22-23,26H,15-16,25H2,1H3;1H. The van der Waals surface area contributed by atoms with Crippen LogP contribution in [0.15, 0.2) is 78.9 Å². The van der Waals surface area contributed by atoms with Crippen molar-refractivity contribution >= 4 is 18.4 Å². The fraction of sp³-hybridized carbons (Fsp3) is 0.208. The molecule has 0 amide bonds. The van der Waals surface area contributed by atoms with Crippen molar-refractivity contribution in [1.29, 1.82) is 0 Å². The van der Waals surface area contributed by atoms with Crippen LogP contribution in [0.3, 0.4) is 0 Å². The van der Waals surface area contributed by atoms with Crippen LogP contribution in [0, 0.1) is 0 Å². The number of hydrogen-bond acceptors (Lipinski definition) is 6. The second-order valence-electron chi connectivity index (χ2n) is 6.75. The quantitative estimate of drug-likeness (QED) is 0.489. The number of benzene rings is 3. The molecule has 31 heavy (non-hydrogen) atoms. The summed E-state index contributed by atoms with van der Waals surface area (Å²) >= 11 is 0. The Morgan fingerprint density at radius 2 is 1.39 bits per heavy atom. The topological polar surface area (TPSA) is 91.0 Å². The molecule has 2 atom stereocenters. The van der Waals surface area contributed by atoms with Crippen molar-refractivity contribution in [2.75, 3.05) is 7.11 Å². The van der Waals surface area contributed by atoms with Crippen LogP contribution >= 0.6 is 12.4 Å². The summed E-state index contributed by atoms with van der Waals surface area (Å²) in [5, 5.41) is 10.5. The van der Waals surface area contributed by atoms with Crippen molar-refractivity contribution in [2.24, 2.45) is 5.73 Å². The summed E-state index contributed by atoms with van der Waals surface area (Å²) in [6, 6.07) is 23.3. The Hall–Kier alpha value is -3.06. The predicted octanol–water partition coefficient (Wildman–Crippen LogP) is 3.80.